The molecule has 0 saturated heterocycles. The minimum absolute atomic E-state index is 0. The summed E-state index contributed by atoms with van der Waals surface area (Å²) < 4.78 is 33.1. The number of carbonyl (C=O) groups is 2. The molecule has 5 N–H and O–H groups in total. The number of rotatable bonds is 38. The maximum absolute atomic E-state index is 12.7. The topological polar surface area (TPSA) is 212 Å². The molecule has 0 spiro atoms. The van der Waals surface area contributed by atoms with Crippen LogP contribution in [0.3, 0.4) is 0 Å². The van der Waals surface area contributed by atoms with Crippen LogP contribution in [0.1, 0.15) is 181 Å². The van der Waals surface area contributed by atoms with Gasteiger partial charge in [0.15, 0.2) is 6.10 Å². The second-order valence-electron chi connectivity index (χ2n) is 16.2. The van der Waals surface area contributed by atoms with Crippen molar-refractivity contribution in [2.24, 2.45) is 0 Å². The molecular weight excluding hydrogens is 826 g/mol. The van der Waals surface area contributed by atoms with Gasteiger partial charge < -0.3 is 48.9 Å². The quantitative estimate of drug-likeness (QED) is 0.0170. The third-order valence-electron chi connectivity index (χ3n) is 10.7. The fraction of sp³-hybridized carbons (Fsp3) is 0.787. The number of aliphatic hydroxyl groups excluding tert-OH is 5. The van der Waals surface area contributed by atoms with Crippen LogP contribution in [-0.4, -0.2) is 93.4 Å². The van der Waals surface area contributed by atoms with Crippen molar-refractivity contribution in [1.29, 1.82) is 0 Å². The van der Waals surface area contributed by atoms with E-state index in [1.807, 2.05) is 12.2 Å². The minimum atomic E-state index is -5.38. The van der Waals surface area contributed by atoms with Gasteiger partial charge in [0, 0.05) is 12.8 Å². The fourth-order valence-corrected chi connectivity index (χ4v) is 7.82. The zero-order valence-electron chi connectivity index (χ0n) is 38.4. The van der Waals surface area contributed by atoms with Gasteiger partial charge in [-0.1, -0.05) is 165 Å². The smallest absolute Gasteiger partial charge is 0.756 e. The summed E-state index contributed by atoms with van der Waals surface area (Å²) in [5.74, 6) is -1.20. The van der Waals surface area contributed by atoms with Gasteiger partial charge in [-0.2, -0.15) is 0 Å². The Morgan fingerprint density at radius 2 is 0.919 bits per heavy atom. The van der Waals surface area contributed by atoms with Gasteiger partial charge in [0.2, 0.25) is 0 Å². The summed E-state index contributed by atoms with van der Waals surface area (Å²) in [7, 11) is -5.38. The molecule has 0 aromatic rings. The molecule has 8 atom stereocenters. The monoisotopic (exact) mass is 909 g/mol. The van der Waals surface area contributed by atoms with E-state index in [4.69, 9.17) is 18.5 Å². The number of phosphoric ester groups is 1. The zero-order valence-corrected chi connectivity index (χ0v) is 41.3. The third-order valence-corrected chi connectivity index (χ3v) is 11.6. The molecular formula is C47H82NaO13P. The van der Waals surface area contributed by atoms with Crippen molar-refractivity contribution in [1.82, 2.24) is 0 Å². The van der Waals surface area contributed by atoms with Crippen LogP contribution >= 0.6 is 7.82 Å². The zero-order chi connectivity index (χ0) is 45.0. The molecule has 1 rings (SSSR count). The Labute approximate surface area is 395 Å². The molecule has 3 unspecified atom stereocenters. The van der Waals surface area contributed by atoms with Gasteiger partial charge >= 0.3 is 41.5 Å². The predicted molar refractivity (Wildman–Crippen MR) is 237 cm³/mol. The number of allylic oxidation sites excluding steroid dienone is 8. The molecule has 0 aromatic heterocycles. The summed E-state index contributed by atoms with van der Waals surface area (Å²) in [5.41, 5.74) is 0. The summed E-state index contributed by atoms with van der Waals surface area (Å²) in [6.45, 7) is 3.14. The molecule has 1 fully saturated rings. The molecule has 62 heavy (non-hydrogen) atoms. The molecule has 13 nitrogen and oxygen atoms in total. The molecule has 0 aromatic carbocycles. The first-order valence-electron chi connectivity index (χ1n) is 23.4. The first-order chi connectivity index (χ1) is 29.4. The number of hydrogen-bond acceptors (Lipinski definition) is 13. The second kappa shape index (κ2) is 40.1. The Bertz CT molecular complexity index is 1260. The molecule has 1 aliphatic rings. The summed E-state index contributed by atoms with van der Waals surface area (Å²) in [6.07, 6.45) is 29.8. The van der Waals surface area contributed by atoms with E-state index in [2.05, 4.69) is 50.3 Å². The van der Waals surface area contributed by atoms with Gasteiger partial charge in [-0.3, -0.25) is 14.2 Å². The number of ether oxygens (including phenoxy) is 2. The molecule has 0 amide bonds. The molecule has 1 saturated carbocycles. The van der Waals surface area contributed by atoms with Crippen molar-refractivity contribution in [3.63, 3.8) is 0 Å². The Morgan fingerprint density at radius 1 is 0.532 bits per heavy atom. The molecule has 0 radical (unpaired) electrons. The molecule has 15 heteroatoms. The van der Waals surface area contributed by atoms with E-state index < -0.39 is 75.7 Å². The van der Waals surface area contributed by atoms with E-state index in [9.17, 15) is 44.6 Å². The van der Waals surface area contributed by atoms with Gasteiger partial charge in [0.1, 0.15) is 43.2 Å². The average Bonchev–Trinajstić information content (AvgIpc) is 3.24. The first kappa shape index (κ1) is 60.8. The maximum atomic E-state index is 12.7. The largest absolute Gasteiger partial charge is 1.00 e. The summed E-state index contributed by atoms with van der Waals surface area (Å²) in [5, 5.41) is 50.0. The van der Waals surface area contributed by atoms with Crippen LogP contribution in [0.2, 0.25) is 0 Å². The van der Waals surface area contributed by atoms with Crippen molar-refractivity contribution < 1.29 is 92.7 Å². The third kappa shape index (κ3) is 31.6. The second-order valence-corrected chi connectivity index (χ2v) is 17.6. The van der Waals surface area contributed by atoms with E-state index in [1.165, 1.54) is 89.9 Å². The van der Waals surface area contributed by atoms with Crippen molar-refractivity contribution >= 4 is 19.8 Å². The van der Waals surface area contributed by atoms with Crippen LogP contribution in [0.4, 0.5) is 0 Å². The minimum Gasteiger partial charge on any atom is -0.756 e. The van der Waals surface area contributed by atoms with Crippen LogP contribution in [-0.2, 0) is 32.7 Å². The first-order valence-corrected chi connectivity index (χ1v) is 24.9. The van der Waals surface area contributed by atoms with E-state index in [1.54, 1.807) is 0 Å². The van der Waals surface area contributed by atoms with Crippen molar-refractivity contribution in [2.75, 3.05) is 13.2 Å². The van der Waals surface area contributed by atoms with E-state index in [0.717, 1.165) is 44.9 Å². The van der Waals surface area contributed by atoms with Crippen LogP contribution in [0.25, 0.3) is 0 Å². The Kier molecular flexibility index (Phi) is 39.3. The summed E-state index contributed by atoms with van der Waals surface area (Å²) >= 11 is 0. The molecule has 354 valence electrons. The SMILES string of the molecule is CCCCC/C=C/C/C=C/C/C=C/C/C=C/CCCC(=O)O[C@H](COC(=O)CCCCCCCCCCCCCCCCC)COP(=O)([O-])OC1[C@H](O)[C@H](O)C(O)[C@H](O)[C@H]1O.[Na+]. The van der Waals surface area contributed by atoms with Gasteiger partial charge in [-0.05, 0) is 51.4 Å². The molecule has 0 heterocycles. The van der Waals surface area contributed by atoms with E-state index in [-0.39, 0.29) is 42.4 Å². The number of hydrogen-bond donors (Lipinski definition) is 5. The van der Waals surface area contributed by atoms with Gasteiger partial charge in [-0.25, -0.2) is 0 Å². The number of esters is 2. The van der Waals surface area contributed by atoms with Crippen LogP contribution in [0, 0.1) is 0 Å². The summed E-state index contributed by atoms with van der Waals surface area (Å²) in [4.78, 5) is 38.0. The van der Waals surface area contributed by atoms with E-state index >= 15 is 0 Å². The normalized spacial score (nSPS) is 22.1. The maximum Gasteiger partial charge on any atom is 1.00 e. The van der Waals surface area contributed by atoms with Crippen molar-refractivity contribution in [3.05, 3.63) is 48.6 Å². The molecule has 0 aliphatic heterocycles. The van der Waals surface area contributed by atoms with Gasteiger partial charge in [0.05, 0.1) is 6.61 Å². The van der Waals surface area contributed by atoms with E-state index in [0.29, 0.717) is 19.3 Å². The van der Waals surface area contributed by atoms with Gasteiger partial charge in [0.25, 0.3) is 7.82 Å². The predicted octanol–water partition coefficient (Wildman–Crippen LogP) is 5.54. The Morgan fingerprint density at radius 3 is 1.40 bits per heavy atom. The molecule has 0 bridgehead atoms. The number of unbranched alkanes of at least 4 members (excludes halogenated alkanes) is 18. The summed E-state index contributed by atoms with van der Waals surface area (Å²) in [6, 6.07) is 0. The van der Waals surface area contributed by atoms with Crippen molar-refractivity contribution in [2.45, 2.75) is 224 Å². The molecule has 1 aliphatic carbocycles. The number of carbonyl (C=O) groups excluding carboxylic acids is 2. The van der Waals surface area contributed by atoms with Crippen molar-refractivity contribution in [3.8, 4) is 0 Å². The fourth-order valence-electron chi connectivity index (χ4n) is 6.86. The van der Waals surface area contributed by atoms with Gasteiger partial charge in [-0.15, -0.1) is 0 Å². The standard InChI is InChI=1S/C47H83O13P.Na/c1-3-5-7-9-11-13-15-17-19-20-22-24-26-28-30-32-34-36-41(49)59-39(38-58-61(55,56)60-47-45(53)43(51)42(50)44(52)46(47)54)37-57-40(48)35-33-31-29-27-25-23-21-18-16-14-12-10-8-6-4-2;/h11,13,17,19,22,24,28,30,39,42-47,50-54H,3-10,12,14-16,18,20-21,23,25-27,29,31-38H2,1-2H3,(H,55,56);/q;+1/p-1/b13-11+,19-17+,24-22+,30-28+;/t39-,42?,43-,44+,45-,46-,47?;/m1./s1. The number of aliphatic hydroxyl groups is 5. The Balaban J connectivity index is 0.0000372. The average molecular weight is 909 g/mol. The van der Waals surface area contributed by atoms with Crippen LogP contribution in [0.15, 0.2) is 48.6 Å². The number of phosphoric acid groups is 1. The van der Waals surface area contributed by atoms with Crippen LogP contribution < -0.4 is 34.5 Å². The Hall–Kier alpha value is -1.19. The van der Waals surface area contributed by atoms with Crippen LogP contribution in [0.5, 0.6) is 0 Å².